The van der Waals surface area contributed by atoms with E-state index in [1.165, 1.54) is 54.7 Å². The van der Waals surface area contributed by atoms with E-state index in [0.29, 0.717) is 0 Å². The molecule has 0 spiro atoms. The second-order valence-corrected chi connectivity index (χ2v) is 12.4. The van der Waals surface area contributed by atoms with Crippen molar-refractivity contribution < 1.29 is 9.47 Å². The molecule has 0 fully saturated rings. The zero-order chi connectivity index (χ0) is 30.9. The number of ether oxygens (including phenoxy) is 2. The minimum atomic E-state index is 0.0757. The minimum Gasteiger partial charge on any atom is -0.458 e. The summed E-state index contributed by atoms with van der Waals surface area (Å²) in [5.41, 5.74) is 10.6. The van der Waals surface area contributed by atoms with Crippen LogP contribution in [-0.4, -0.2) is 6.71 Å². The highest BCUT2D eigenvalue weighted by molar-refractivity contribution is 6.98. The van der Waals surface area contributed by atoms with Gasteiger partial charge in [0.25, 0.3) is 6.71 Å². The summed E-state index contributed by atoms with van der Waals surface area (Å²) < 4.78 is 13.1. The highest BCUT2D eigenvalue weighted by Gasteiger charge is 2.40. The van der Waals surface area contributed by atoms with Crippen molar-refractivity contribution in [1.29, 1.82) is 0 Å². The molecular weight excluding hydrogens is 571 g/mol. The molecule has 0 unspecified atom stereocenters. The van der Waals surface area contributed by atoms with Crippen LogP contribution >= 0.6 is 0 Å². The molecule has 218 valence electrons. The Morgan fingerprint density at radius 3 is 1.23 bits per heavy atom. The predicted octanol–water partition coefficient (Wildman–Crippen LogP) is 9.72. The first-order valence-electron chi connectivity index (χ1n) is 16.1. The SMILES string of the molecule is c1ccc(-c2c3ccccc3c(-c3ccc(-c4cc5c6c(c4)Oc4ccccc4B6c4ccccc4O5)cc3)c3ccccc23)cc1. The largest absolute Gasteiger partial charge is 0.458 e. The van der Waals surface area contributed by atoms with Crippen molar-refractivity contribution in [3.63, 3.8) is 0 Å². The third-order valence-corrected chi connectivity index (χ3v) is 9.79. The molecule has 2 aliphatic heterocycles. The molecule has 0 saturated carbocycles. The van der Waals surface area contributed by atoms with Crippen LogP contribution in [0.15, 0.2) is 164 Å². The van der Waals surface area contributed by atoms with Gasteiger partial charge in [0.05, 0.1) is 0 Å². The lowest BCUT2D eigenvalue weighted by molar-refractivity contribution is 0.465. The topological polar surface area (TPSA) is 18.5 Å². The van der Waals surface area contributed by atoms with Crippen LogP contribution in [0, 0.1) is 0 Å². The summed E-state index contributed by atoms with van der Waals surface area (Å²) >= 11 is 0. The van der Waals surface area contributed by atoms with Gasteiger partial charge in [-0.2, -0.15) is 0 Å². The highest BCUT2D eigenvalue weighted by atomic mass is 16.5. The minimum absolute atomic E-state index is 0.0757. The zero-order valence-electron chi connectivity index (χ0n) is 25.5. The first-order valence-corrected chi connectivity index (χ1v) is 16.1. The van der Waals surface area contributed by atoms with Crippen molar-refractivity contribution in [3.8, 4) is 56.4 Å². The Morgan fingerprint density at radius 2 is 0.723 bits per heavy atom. The third kappa shape index (κ3) is 4.00. The molecule has 0 N–H and O–H groups in total. The van der Waals surface area contributed by atoms with E-state index < -0.39 is 0 Å². The van der Waals surface area contributed by atoms with Crippen LogP contribution in [0.25, 0.3) is 54.9 Å². The normalized spacial score (nSPS) is 12.6. The Morgan fingerprint density at radius 1 is 0.319 bits per heavy atom. The number of para-hydroxylation sites is 2. The van der Waals surface area contributed by atoms with E-state index >= 15 is 0 Å². The molecule has 10 rings (SSSR count). The first-order chi connectivity index (χ1) is 23.3. The van der Waals surface area contributed by atoms with Crippen LogP contribution in [0.1, 0.15) is 0 Å². The quantitative estimate of drug-likeness (QED) is 0.149. The lowest BCUT2D eigenvalue weighted by Gasteiger charge is -2.33. The molecule has 0 radical (unpaired) electrons. The van der Waals surface area contributed by atoms with E-state index in [4.69, 9.17) is 9.47 Å². The molecule has 47 heavy (non-hydrogen) atoms. The smallest absolute Gasteiger partial charge is 0.260 e. The Hall–Kier alpha value is -6.06. The van der Waals surface area contributed by atoms with Crippen molar-refractivity contribution in [3.05, 3.63) is 164 Å². The van der Waals surface area contributed by atoms with Crippen molar-refractivity contribution in [1.82, 2.24) is 0 Å². The summed E-state index contributed by atoms with van der Waals surface area (Å²) in [6.07, 6.45) is 0. The Labute approximate surface area is 273 Å². The molecular formula is C44H27BO2. The van der Waals surface area contributed by atoms with E-state index in [-0.39, 0.29) is 6.71 Å². The van der Waals surface area contributed by atoms with Crippen molar-refractivity contribution in [2.24, 2.45) is 0 Å². The number of hydrogen-bond acceptors (Lipinski definition) is 2. The molecule has 0 aromatic heterocycles. The van der Waals surface area contributed by atoms with E-state index in [0.717, 1.165) is 39.6 Å². The molecule has 8 aromatic rings. The van der Waals surface area contributed by atoms with Crippen LogP contribution in [-0.2, 0) is 0 Å². The summed E-state index contributed by atoms with van der Waals surface area (Å²) in [4.78, 5) is 0. The van der Waals surface area contributed by atoms with Crippen LogP contribution in [0.4, 0.5) is 0 Å². The second-order valence-electron chi connectivity index (χ2n) is 12.4. The molecule has 0 bridgehead atoms. The van der Waals surface area contributed by atoms with Gasteiger partial charge < -0.3 is 9.47 Å². The van der Waals surface area contributed by atoms with Crippen LogP contribution in [0.5, 0.6) is 23.0 Å². The Kier molecular flexibility index (Phi) is 5.70. The fraction of sp³-hybridized carbons (Fsp3) is 0. The molecule has 0 atom stereocenters. The third-order valence-electron chi connectivity index (χ3n) is 9.79. The lowest BCUT2D eigenvalue weighted by atomic mass is 9.35. The van der Waals surface area contributed by atoms with Crippen LogP contribution in [0.2, 0.25) is 0 Å². The van der Waals surface area contributed by atoms with E-state index in [9.17, 15) is 0 Å². The first kappa shape index (κ1) is 26.2. The van der Waals surface area contributed by atoms with Crippen molar-refractivity contribution >= 4 is 44.6 Å². The average molecular weight is 599 g/mol. The predicted molar refractivity (Wildman–Crippen MR) is 195 cm³/mol. The van der Waals surface area contributed by atoms with Crippen molar-refractivity contribution in [2.75, 3.05) is 0 Å². The molecule has 2 aliphatic rings. The fourth-order valence-electron chi connectivity index (χ4n) is 7.75. The van der Waals surface area contributed by atoms with E-state index in [1.807, 2.05) is 12.1 Å². The number of hydrogen-bond donors (Lipinski definition) is 0. The monoisotopic (exact) mass is 598 g/mol. The summed E-state index contributed by atoms with van der Waals surface area (Å²) in [6, 6.07) is 58.4. The molecule has 0 amide bonds. The molecule has 2 heterocycles. The molecule has 3 heteroatoms. The van der Waals surface area contributed by atoms with Crippen molar-refractivity contribution in [2.45, 2.75) is 0 Å². The van der Waals surface area contributed by atoms with Gasteiger partial charge in [-0.05, 0) is 90.1 Å². The van der Waals surface area contributed by atoms with E-state index in [2.05, 4.69) is 152 Å². The maximum atomic E-state index is 6.56. The molecule has 0 aliphatic carbocycles. The van der Waals surface area contributed by atoms with Gasteiger partial charge in [-0.25, -0.2) is 0 Å². The summed E-state index contributed by atoms with van der Waals surface area (Å²) in [7, 11) is 0. The summed E-state index contributed by atoms with van der Waals surface area (Å²) in [6.45, 7) is 0.0757. The summed E-state index contributed by atoms with van der Waals surface area (Å²) in [5.74, 6) is 3.51. The fourth-order valence-corrected chi connectivity index (χ4v) is 7.75. The maximum Gasteiger partial charge on any atom is 0.260 e. The highest BCUT2D eigenvalue weighted by Crippen LogP contribution is 2.44. The number of fused-ring (bicyclic) bond motifs is 6. The van der Waals surface area contributed by atoms with Gasteiger partial charge in [0.15, 0.2) is 0 Å². The number of rotatable bonds is 3. The lowest BCUT2D eigenvalue weighted by Crippen LogP contribution is -2.57. The molecule has 2 nitrogen and oxygen atoms in total. The molecule has 8 aromatic carbocycles. The van der Waals surface area contributed by atoms with E-state index in [1.54, 1.807) is 0 Å². The zero-order valence-corrected chi connectivity index (χ0v) is 25.5. The Balaban J connectivity index is 1.12. The summed E-state index contributed by atoms with van der Waals surface area (Å²) in [5, 5.41) is 5.02. The van der Waals surface area contributed by atoms with Gasteiger partial charge in [0, 0.05) is 5.46 Å². The van der Waals surface area contributed by atoms with Gasteiger partial charge in [-0.15, -0.1) is 0 Å². The standard InChI is InChI=1S/C44H27BO2/c1-2-12-29(13-3-1)42-32-14-4-6-16-34(32)43(35-17-7-5-15-33(35)42)30-24-22-28(23-25-30)31-26-40-44-41(27-31)47-39-21-11-9-19-37(39)45(44)36-18-8-10-20-38(36)46-40/h1-27H. The van der Waals surface area contributed by atoms with Gasteiger partial charge in [0.1, 0.15) is 23.0 Å². The van der Waals surface area contributed by atoms with Gasteiger partial charge in [-0.1, -0.05) is 140 Å². The molecule has 0 saturated heterocycles. The Bertz CT molecular complexity index is 2390. The van der Waals surface area contributed by atoms with Gasteiger partial charge in [-0.3, -0.25) is 0 Å². The second kappa shape index (κ2) is 10.2. The average Bonchev–Trinajstić information content (AvgIpc) is 3.14. The maximum absolute atomic E-state index is 6.56. The van der Waals surface area contributed by atoms with Gasteiger partial charge in [0.2, 0.25) is 0 Å². The van der Waals surface area contributed by atoms with Crippen LogP contribution in [0.3, 0.4) is 0 Å². The van der Waals surface area contributed by atoms with Crippen LogP contribution < -0.4 is 25.9 Å². The number of benzene rings is 8. The van der Waals surface area contributed by atoms with Gasteiger partial charge >= 0.3 is 0 Å².